The third kappa shape index (κ3) is 2.57. The van der Waals surface area contributed by atoms with Gasteiger partial charge in [0.2, 0.25) is 0 Å². The lowest BCUT2D eigenvalue weighted by molar-refractivity contribution is 0.0931. The minimum atomic E-state index is -3.34. The van der Waals surface area contributed by atoms with E-state index in [-0.39, 0.29) is 12.0 Å². The molecule has 0 bridgehead atoms. The van der Waals surface area contributed by atoms with E-state index in [2.05, 4.69) is 15.5 Å². The first kappa shape index (κ1) is 16.8. The Morgan fingerprint density at radius 2 is 2.12 bits per heavy atom. The number of nitrogens with zero attached hydrogens (tertiary/aromatic N) is 1. The van der Waals surface area contributed by atoms with Gasteiger partial charge in [0, 0.05) is 5.56 Å². The van der Waals surface area contributed by atoms with Gasteiger partial charge < -0.3 is 5.32 Å². The molecule has 2 N–H and O–H groups in total. The molecule has 0 spiro atoms. The average molecular weight is 367 g/mol. The molecule has 1 aliphatic rings. The number of aromatic nitrogens is 2. The topological polar surface area (TPSA) is 109 Å². The van der Waals surface area contributed by atoms with Gasteiger partial charge in [0.1, 0.15) is 9.77 Å². The predicted molar refractivity (Wildman–Crippen MR) is 90.1 cm³/mol. The van der Waals surface area contributed by atoms with Crippen molar-refractivity contribution in [3.8, 4) is 0 Å². The van der Waals surface area contributed by atoms with Crippen molar-refractivity contribution in [3.63, 3.8) is 0 Å². The van der Waals surface area contributed by atoms with Crippen LogP contribution in [0, 0.1) is 13.8 Å². The molecular formula is C15H17N3O4S2. The number of sulfone groups is 1. The van der Waals surface area contributed by atoms with Crippen LogP contribution < -0.4 is 10.9 Å². The van der Waals surface area contributed by atoms with E-state index in [4.69, 9.17) is 0 Å². The lowest BCUT2D eigenvalue weighted by atomic mass is 10.0. The number of carbonyl (C=O) groups is 1. The van der Waals surface area contributed by atoms with Gasteiger partial charge in [0.25, 0.3) is 11.5 Å². The standard InChI is InChI=1S/C15H17N3O4S2/c1-7-6-11(10-4-5-23-15(10)24(7,21)22)16-13(19)12-8(2)9(3)17-18-14(12)20/h4-5,7,11H,6H2,1-3H3,(H,16,19)(H,18,20)/t7-,11-/m0/s1. The van der Waals surface area contributed by atoms with Gasteiger partial charge in [-0.1, -0.05) is 0 Å². The first-order valence-corrected chi connectivity index (χ1v) is 9.84. The molecule has 9 heteroatoms. The van der Waals surface area contributed by atoms with E-state index in [9.17, 15) is 18.0 Å². The molecule has 0 fully saturated rings. The van der Waals surface area contributed by atoms with E-state index in [1.165, 1.54) is 0 Å². The summed E-state index contributed by atoms with van der Waals surface area (Å²) in [5, 5.41) is 10.1. The van der Waals surface area contributed by atoms with E-state index >= 15 is 0 Å². The highest BCUT2D eigenvalue weighted by molar-refractivity contribution is 7.94. The van der Waals surface area contributed by atoms with E-state index in [1.54, 1.807) is 32.2 Å². The molecule has 0 aliphatic carbocycles. The zero-order chi connectivity index (χ0) is 17.6. The summed E-state index contributed by atoms with van der Waals surface area (Å²) in [4.78, 5) is 24.6. The summed E-state index contributed by atoms with van der Waals surface area (Å²) in [6.07, 6.45) is 0.277. The molecule has 1 aliphatic heterocycles. The second kappa shape index (κ2) is 5.82. The molecule has 3 heterocycles. The van der Waals surface area contributed by atoms with Gasteiger partial charge in [-0.15, -0.1) is 11.3 Å². The fourth-order valence-electron chi connectivity index (χ4n) is 2.83. The largest absolute Gasteiger partial charge is 0.345 e. The van der Waals surface area contributed by atoms with Crippen molar-refractivity contribution in [2.24, 2.45) is 0 Å². The van der Waals surface area contributed by atoms with Crippen LogP contribution in [0.25, 0.3) is 0 Å². The lowest BCUT2D eigenvalue weighted by Crippen LogP contribution is -2.39. The Labute approximate surface area is 143 Å². The van der Waals surface area contributed by atoms with Crippen LogP contribution in [-0.2, 0) is 9.84 Å². The Bertz CT molecular complexity index is 975. The van der Waals surface area contributed by atoms with E-state index in [1.807, 2.05) is 0 Å². The van der Waals surface area contributed by atoms with Crippen molar-refractivity contribution < 1.29 is 13.2 Å². The van der Waals surface area contributed by atoms with Crippen LogP contribution in [0.3, 0.4) is 0 Å². The van der Waals surface area contributed by atoms with Crippen LogP contribution in [-0.4, -0.2) is 29.8 Å². The Hall–Kier alpha value is -2.00. The Morgan fingerprint density at radius 1 is 1.42 bits per heavy atom. The quantitative estimate of drug-likeness (QED) is 0.836. The molecule has 2 aromatic heterocycles. The van der Waals surface area contributed by atoms with Crippen LogP contribution in [0.1, 0.15) is 46.6 Å². The Kier molecular flexibility index (Phi) is 4.08. The Morgan fingerprint density at radius 3 is 2.83 bits per heavy atom. The molecule has 7 nitrogen and oxygen atoms in total. The van der Waals surface area contributed by atoms with E-state index in [0.717, 1.165) is 11.3 Å². The number of nitrogens with one attached hydrogen (secondary N) is 2. The van der Waals surface area contributed by atoms with Crippen molar-refractivity contribution >= 4 is 27.1 Å². The minimum Gasteiger partial charge on any atom is -0.345 e. The molecule has 24 heavy (non-hydrogen) atoms. The number of hydrogen-bond acceptors (Lipinski definition) is 6. The third-order valence-electron chi connectivity index (χ3n) is 4.39. The van der Waals surface area contributed by atoms with E-state index < -0.39 is 32.6 Å². The van der Waals surface area contributed by atoms with E-state index in [0.29, 0.717) is 21.0 Å². The maximum absolute atomic E-state index is 12.6. The first-order valence-electron chi connectivity index (χ1n) is 7.41. The first-order chi connectivity index (χ1) is 11.2. The van der Waals surface area contributed by atoms with Crippen LogP contribution >= 0.6 is 11.3 Å². The summed E-state index contributed by atoms with van der Waals surface area (Å²) in [6, 6.07) is 1.27. The summed E-state index contributed by atoms with van der Waals surface area (Å²) in [5.74, 6) is -0.520. The number of amides is 1. The summed E-state index contributed by atoms with van der Waals surface area (Å²) in [5.41, 5.74) is 1.12. The van der Waals surface area contributed by atoms with Crippen molar-refractivity contribution in [1.82, 2.24) is 15.5 Å². The molecule has 0 radical (unpaired) electrons. The number of carbonyl (C=O) groups excluding carboxylic acids is 1. The molecule has 0 aromatic carbocycles. The molecule has 128 valence electrons. The summed E-state index contributed by atoms with van der Waals surface area (Å²) < 4.78 is 25.0. The maximum Gasteiger partial charge on any atom is 0.277 e. The molecule has 0 unspecified atom stereocenters. The number of aromatic amines is 1. The molecule has 2 atom stereocenters. The number of H-pyrrole nitrogens is 1. The van der Waals surface area contributed by atoms with Gasteiger partial charge in [-0.25, -0.2) is 13.5 Å². The number of fused-ring (bicyclic) bond motifs is 1. The number of rotatable bonds is 2. The molecule has 0 saturated heterocycles. The van der Waals surface area contributed by atoms with Crippen LogP contribution in [0.4, 0.5) is 0 Å². The summed E-state index contributed by atoms with van der Waals surface area (Å²) in [7, 11) is -3.34. The SMILES string of the molecule is Cc1n[nH]c(=O)c(C(=O)N[C@H]2C[C@H](C)S(=O)(=O)c3sccc32)c1C. The van der Waals surface area contributed by atoms with Gasteiger partial charge in [0.05, 0.1) is 17.0 Å². The number of thiophene rings is 1. The fourth-order valence-corrected chi connectivity index (χ4v) is 6.06. The van der Waals surface area contributed by atoms with Crippen LogP contribution in [0.5, 0.6) is 0 Å². The fraction of sp³-hybridized carbons (Fsp3) is 0.400. The monoisotopic (exact) mass is 367 g/mol. The zero-order valence-electron chi connectivity index (χ0n) is 13.4. The molecule has 2 aromatic rings. The minimum absolute atomic E-state index is 0.0142. The number of hydrogen-bond donors (Lipinski definition) is 2. The van der Waals surface area contributed by atoms with Gasteiger partial charge >= 0.3 is 0 Å². The van der Waals surface area contributed by atoms with Crippen LogP contribution in [0.2, 0.25) is 0 Å². The average Bonchev–Trinajstić information content (AvgIpc) is 3.00. The smallest absolute Gasteiger partial charge is 0.277 e. The highest BCUT2D eigenvalue weighted by atomic mass is 32.2. The summed E-state index contributed by atoms with van der Waals surface area (Å²) >= 11 is 1.15. The Balaban J connectivity index is 1.98. The second-order valence-corrected chi connectivity index (χ2v) is 9.40. The highest BCUT2D eigenvalue weighted by Gasteiger charge is 2.38. The van der Waals surface area contributed by atoms with Gasteiger partial charge in [0.15, 0.2) is 9.84 Å². The second-order valence-electron chi connectivity index (χ2n) is 5.92. The molecular weight excluding hydrogens is 350 g/mol. The van der Waals surface area contributed by atoms with Crippen molar-refractivity contribution in [2.75, 3.05) is 0 Å². The maximum atomic E-state index is 12.6. The molecule has 3 rings (SSSR count). The molecule has 1 amide bonds. The highest BCUT2D eigenvalue weighted by Crippen LogP contribution is 2.39. The predicted octanol–water partition coefficient (Wildman–Crippen LogP) is 1.49. The van der Waals surface area contributed by atoms with Crippen molar-refractivity contribution in [2.45, 2.75) is 42.7 Å². The normalized spacial score (nSPS) is 22.0. The summed E-state index contributed by atoms with van der Waals surface area (Å²) in [6.45, 7) is 5.00. The van der Waals surface area contributed by atoms with Gasteiger partial charge in [-0.2, -0.15) is 5.10 Å². The molecule has 0 saturated carbocycles. The van der Waals surface area contributed by atoms with Crippen molar-refractivity contribution in [3.05, 3.63) is 44.2 Å². The van der Waals surface area contributed by atoms with Crippen molar-refractivity contribution in [1.29, 1.82) is 0 Å². The lowest BCUT2D eigenvalue weighted by Gasteiger charge is -2.28. The van der Waals surface area contributed by atoms with Gasteiger partial charge in [-0.3, -0.25) is 9.59 Å². The zero-order valence-corrected chi connectivity index (χ0v) is 15.0. The third-order valence-corrected chi connectivity index (χ3v) is 8.10. The van der Waals surface area contributed by atoms with Gasteiger partial charge in [-0.05, 0) is 44.2 Å². The van der Waals surface area contributed by atoms with Crippen LogP contribution in [0.15, 0.2) is 20.5 Å². The number of aryl methyl sites for hydroxylation is 1.